The van der Waals surface area contributed by atoms with Crippen LogP contribution in [0.5, 0.6) is 0 Å². The van der Waals surface area contributed by atoms with Crippen LogP contribution in [0.4, 0.5) is 4.79 Å². The van der Waals surface area contributed by atoms with Gasteiger partial charge in [-0.1, -0.05) is 6.92 Å². The molecule has 2 saturated heterocycles. The minimum atomic E-state index is -0.429. The summed E-state index contributed by atoms with van der Waals surface area (Å²) in [5, 5.41) is 3.62. The molecule has 0 aromatic rings. The molecule has 2 aliphatic heterocycles. The SMILES string of the molecule is CC(CC1CCCCN1C(=O)OC(C)(C)C)NCC1(C)COC1. The number of hydrogen-bond donors (Lipinski definition) is 1. The highest BCUT2D eigenvalue weighted by Gasteiger charge is 2.34. The molecule has 1 amide bonds. The van der Waals surface area contributed by atoms with E-state index in [1.165, 1.54) is 6.42 Å². The van der Waals surface area contributed by atoms with Crippen LogP contribution in [0, 0.1) is 5.41 Å². The number of ether oxygens (including phenoxy) is 2. The third kappa shape index (κ3) is 5.64. The van der Waals surface area contributed by atoms with Crippen molar-refractivity contribution in [1.82, 2.24) is 10.2 Å². The van der Waals surface area contributed by atoms with Crippen molar-refractivity contribution in [2.24, 2.45) is 5.41 Å². The standard InChI is InChI=1S/C18H34N2O3/c1-14(19-11-18(5)12-22-13-18)10-15-8-6-7-9-20(15)16(21)23-17(2,3)4/h14-15,19H,6-13H2,1-5H3. The molecule has 5 heteroatoms. The first kappa shape index (κ1) is 18.5. The molecule has 134 valence electrons. The highest BCUT2D eigenvalue weighted by molar-refractivity contribution is 5.68. The number of carbonyl (C=O) groups excluding carboxylic acids is 1. The first-order valence-electron chi connectivity index (χ1n) is 8.99. The number of nitrogens with one attached hydrogen (secondary N) is 1. The van der Waals surface area contributed by atoms with Crippen molar-refractivity contribution in [2.75, 3.05) is 26.3 Å². The van der Waals surface area contributed by atoms with Gasteiger partial charge in [0.05, 0.1) is 13.2 Å². The van der Waals surface area contributed by atoms with Crippen molar-refractivity contribution in [1.29, 1.82) is 0 Å². The Balaban J connectivity index is 1.83. The van der Waals surface area contributed by atoms with Crippen LogP contribution in [-0.2, 0) is 9.47 Å². The fraction of sp³-hybridized carbons (Fsp3) is 0.944. The van der Waals surface area contributed by atoms with Crippen LogP contribution in [0.25, 0.3) is 0 Å². The Morgan fingerprint density at radius 1 is 1.39 bits per heavy atom. The summed E-state index contributed by atoms with van der Waals surface area (Å²) in [7, 11) is 0. The van der Waals surface area contributed by atoms with E-state index in [1.807, 2.05) is 25.7 Å². The van der Waals surface area contributed by atoms with Crippen LogP contribution < -0.4 is 5.32 Å². The van der Waals surface area contributed by atoms with Crippen LogP contribution in [0.15, 0.2) is 0 Å². The van der Waals surface area contributed by atoms with Crippen LogP contribution >= 0.6 is 0 Å². The monoisotopic (exact) mass is 326 g/mol. The molecular formula is C18H34N2O3. The molecule has 2 heterocycles. The van der Waals surface area contributed by atoms with Crippen molar-refractivity contribution in [3.8, 4) is 0 Å². The molecule has 2 unspecified atom stereocenters. The van der Waals surface area contributed by atoms with Crippen molar-refractivity contribution in [2.45, 2.75) is 78.0 Å². The Labute approximate surface area is 141 Å². The van der Waals surface area contributed by atoms with Crippen LogP contribution in [0.2, 0.25) is 0 Å². The molecule has 0 radical (unpaired) electrons. The van der Waals surface area contributed by atoms with E-state index >= 15 is 0 Å². The van der Waals surface area contributed by atoms with E-state index in [1.54, 1.807) is 0 Å². The summed E-state index contributed by atoms with van der Waals surface area (Å²) in [6.45, 7) is 13.7. The normalized spacial score (nSPS) is 25.6. The Bertz CT molecular complexity index is 402. The summed E-state index contributed by atoms with van der Waals surface area (Å²) in [6.07, 6.45) is 4.17. The van der Waals surface area contributed by atoms with Crippen molar-refractivity contribution >= 4 is 6.09 Å². The van der Waals surface area contributed by atoms with Crippen molar-refractivity contribution in [3.63, 3.8) is 0 Å². The van der Waals surface area contributed by atoms with Gasteiger partial charge in [0.2, 0.25) is 0 Å². The van der Waals surface area contributed by atoms with Gasteiger partial charge in [-0.05, 0) is 53.4 Å². The van der Waals surface area contributed by atoms with Crippen molar-refractivity contribution < 1.29 is 14.3 Å². The molecule has 0 aromatic heterocycles. The number of likely N-dealkylation sites (tertiary alicyclic amines) is 1. The number of nitrogens with zero attached hydrogens (tertiary/aromatic N) is 1. The first-order valence-corrected chi connectivity index (χ1v) is 8.99. The maximum absolute atomic E-state index is 12.4. The van der Waals surface area contributed by atoms with E-state index in [-0.39, 0.29) is 17.6 Å². The summed E-state index contributed by atoms with van der Waals surface area (Å²) < 4.78 is 10.9. The molecule has 23 heavy (non-hydrogen) atoms. The van der Waals surface area contributed by atoms with Gasteiger partial charge >= 0.3 is 6.09 Å². The van der Waals surface area contributed by atoms with Crippen molar-refractivity contribution in [3.05, 3.63) is 0 Å². The van der Waals surface area contributed by atoms with E-state index in [2.05, 4.69) is 19.2 Å². The Morgan fingerprint density at radius 2 is 2.09 bits per heavy atom. The zero-order chi connectivity index (χ0) is 17.1. The topological polar surface area (TPSA) is 50.8 Å². The van der Waals surface area contributed by atoms with Gasteiger partial charge in [0.1, 0.15) is 5.60 Å². The highest BCUT2D eigenvalue weighted by Crippen LogP contribution is 2.26. The van der Waals surface area contributed by atoms with Gasteiger partial charge in [-0.3, -0.25) is 0 Å². The maximum Gasteiger partial charge on any atom is 0.410 e. The summed E-state index contributed by atoms with van der Waals surface area (Å²) >= 11 is 0. The highest BCUT2D eigenvalue weighted by atomic mass is 16.6. The largest absolute Gasteiger partial charge is 0.444 e. The van der Waals surface area contributed by atoms with E-state index in [9.17, 15) is 4.79 Å². The Hall–Kier alpha value is -0.810. The number of rotatable bonds is 5. The van der Waals surface area contributed by atoms with Crippen LogP contribution in [0.1, 0.15) is 60.3 Å². The second-order valence-electron chi connectivity index (χ2n) is 8.64. The minimum absolute atomic E-state index is 0.159. The molecule has 2 aliphatic rings. The van der Waals surface area contributed by atoms with E-state index in [0.29, 0.717) is 6.04 Å². The fourth-order valence-electron chi connectivity index (χ4n) is 3.27. The molecule has 0 bridgehead atoms. The third-order valence-corrected chi connectivity index (χ3v) is 4.66. The lowest BCUT2D eigenvalue weighted by Gasteiger charge is -2.40. The smallest absolute Gasteiger partial charge is 0.410 e. The lowest BCUT2D eigenvalue weighted by Crippen LogP contribution is -2.51. The Kier molecular flexibility index (Phi) is 5.95. The molecule has 2 rings (SSSR count). The lowest BCUT2D eigenvalue weighted by molar-refractivity contribution is -0.100. The minimum Gasteiger partial charge on any atom is -0.444 e. The third-order valence-electron chi connectivity index (χ3n) is 4.66. The van der Waals surface area contributed by atoms with Crippen LogP contribution in [0.3, 0.4) is 0 Å². The Morgan fingerprint density at radius 3 is 2.65 bits per heavy atom. The molecule has 0 saturated carbocycles. The molecule has 0 spiro atoms. The molecule has 1 N–H and O–H groups in total. The van der Waals surface area contributed by atoms with Gasteiger partial charge in [0.15, 0.2) is 0 Å². The van der Waals surface area contributed by atoms with Gasteiger partial charge in [0, 0.05) is 30.6 Å². The summed E-state index contributed by atoms with van der Waals surface area (Å²) in [5.74, 6) is 0. The number of piperidine rings is 1. The van der Waals surface area contributed by atoms with E-state index in [0.717, 1.165) is 45.6 Å². The van der Waals surface area contributed by atoms with Crippen LogP contribution in [-0.4, -0.2) is 55.0 Å². The van der Waals surface area contributed by atoms with Gasteiger partial charge in [-0.2, -0.15) is 0 Å². The average Bonchev–Trinajstić information content (AvgIpc) is 2.42. The number of carbonyl (C=O) groups is 1. The van der Waals surface area contributed by atoms with Gasteiger partial charge in [-0.25, -0.2) is 4.79 Å². The van der Waals surface area contributed by atoms with Gasteiger partial charge in [0.25, 0.3) is 0 Å². The molecule has 2 atom stereocenters. The maximum atomic E-state index is 12.4. The van der Waals surface area contributed by atoms with Gasteiger partial charge < -0.3 is 19.7 Å². The molecule has 2 fully saturated rings. The molecule has 5 nitrogen and oxygen atoms in total. The summed E-state index contributed by atoms with van der Waals surface area (Å²) in [6, 6.07) is 0.673. The van der Waals surface area contributed by atoms with E-state index in [4.69, 9.17) is 9.47 Å². The number of amides is 1. The molecular weight excluding hydrogens is 292 g/mol. The quantitative estimate of drug-likeness (QED) is 0.843. The average molecular weight is 326 g/mol. The summed E-state index contributed by atoms with van der Waals surface area (Å²) in [4.78, 5) is 14.4. The zero-order valence-electron chi connectivity index (χ0n) is 15.5. The molecule has 0 aromatic carbocycles. The predicted molar refractivity (Wildman–Crippen MR) is 91.6 cm³/mol. The number of hydrogen-bond acceptors (Lipinski definition) is 4. The zero-order valence-corrected chi connectivity index (χ0v) is 15.5. The first-order chi connectivity index (χ1) is 10.7. The van der Waals surface area contributed by atoms with E-state index < -0.39 is 5.60 Å². The lowest BCUT2D eigenvalue weighted by atomic mass is 9.88. The summed E-state index contributed by atoms with van der Waals surface area (Å²) in [5.41, 5.74) is -0.145. The fourth-order valence-corrected chi connectivity index (χ4v) is 3.27. The van der Waals surface area contributed by atoms with Gasteiger partial charge in [-0.15, -0.1) is 0 Å². The second-order valence-corrected chi connectivity index (χ2v) is 8.64. The predicted octanol–water partition coefficient (Wildman–Crippen LogP) is 3.18. The molecule has 0 aliphatic carbocycles. The second kappa shape index (κ2) is 7.39.